The number of ether oxygens (including phenoxy) is 2. The molecule has 0 aliphatic carbocycles. The van der Waals surface area contributed by atoms with Crippen LogP contribution in [0.15, 0.2) is 78.9 Å². The third-order valence-corrected chi connectivity index (χ3v) is 16.4. The summed E-state index contributed by atoms with van der Waals surface area (Å²) in [6, 6.07) is 17.2. The Hall–Kier alpha value is -6.75. The molecule has 428 valence electrons. The lowest BCUT2D eigenvalue weighted by molar-refractivity contribution is -0.144. The second kappa shape index (κ2) is 25.4. The number of amides is 6. The van der Waals surface area contributed by atoms with Gasteiger partial charge in [-0.05, 0) is 130 Å². The number of likely N-dealkylation sites (N-methyl/N-ethyl adjacent to an activating group) is 1. The lowest BCUT2D eigenvalue weighted by Crippen LogP contribution is -2.62. The Labute approximate surface area is 464 Å². The Balaban J connectivity index is 0.905. The van der Waals surface area contributed by atoms with Gasteiger partial charge in [0.2, 0.25) is 29.5 Å². The van der Waals surface area contributed by atoms with Gasteiger partial charge < -0.3 is 51.2 Å². The van der Waals surface area contributed by atoms with Crippen molar-refractivity contribution >= 4 is 52.5 Å². The quantitative estimate of drug-likeness (QED) is 0.0823. The number of hydrogen-bond donors (Lipinski definition) is 6. The number of nitrogens with zero attached hydrogens (tertiary/aromatic N) is 4. The number of benzene rings is 4. The Morgan fingerprint density at radius 2 is 1.60 bits per heavy atom. The molecule has 80 heavy (non-hydrogen) atoms. The van der Waals surface area contributed by atoms with Crippen LogP contribution in [0.2, 0.25) is 0 Å². The minimum atomic E-state index is -1.44. The summed E-state index contributed by atoms with van der Waals surface area (Å²) < 4.78 is 55.1. The number of halogens is 3. The summed E-state index contributed by atoms with van der Waals surface area (Å²) in [5, 5.41) is 17.5. The van der Waals surface area contributed by atoms with Crippen molar-refractivity contribution in [2.45, 2.75) is 102 Å². The van der Waals surface area contributed by atoms with Crippen LogP contribution < -0.4 is 36.8 Å². The van der Waals surface area contributed by atoms with Crippen LogP contribution in [-0.2, 0) is 56.6 Å². The van der Waals surface area contributed by atoms with Crippen LogP contribution in [0, 0.1) is 23.4 Å². The molecule has 0 spiro atoms. The minimum absolute atomic E-state index is 0.0518. The molecular formula is C59H73F3N10O8. The predicted octanol–water partition coefficient (Wildman–Crippen LogP) is 4.37. The number of piperazine rings is 1. The molecule has 7 atom stereocenters. The number of fused-ring (bicyclic) bond motifs is 2. The van der Waals surface area contributed by atoms with Gasteiger partial charge >= 0.3 is 0 Å². The molecule has 6 N–H and O–H groups in total. The number of anilines is 3. The summed E-state index contributed by atoms with van der Waals surface area (Å²) in [5.41, 5.74) is 2.19. The fraction of sp³-hybridized carbons (Fsp3) is 0.492. The highest BCUT2D eigenvalue weighted by Crippen LogP contribution is 2.43. The molecule has 0 aromatic heterocycles. The van der Waals surface area contributed by atoms with Crippen molar-refractivity contribution in [1.82, 2.24) is 36.0 Å². The van der Waals surface area contributed by atoms with Gasteiger partial charge in [0.05, 0.1) is 31.2 Å². The Morgan fingerprint density at radius 1 is 0.863 bits per heavy atom. The van der Waals surface area contributed by atoms with Gasteiger partial charge in [0.15, 0.2) is 0 Å². The zero-order chi connectivity index (χ0) is 56.8. The molecule has 9 rings (SSSR count). The lowest BCUT2D eigenvalue weighted by Gasteiger charge is -2.43. The standard InChI is InChI=1S/C59H73F3N10O8/c1-35-29-70(44(28-65-35)31-69-21-24-80-33-36(69)2)32-51(74)72-34-59(4,46-16-11-39(26-49(46)72)25-38-9-13-42(60)14-10-38)58(78)64-20-17-50(73)66-43-15-12-41-30-71(54(45(41)27-43)56(76)68-53-47(61)7-6-8-48(53)62)57(77)52(40-18-22-79-23-19-40)67-55(75)37(3)63-5/h6-16,26-27,35-37,40,44,52,54,63,65H,17-25,28-34H2,1-5H3,(H,64,78)(H,66,73)(H,67,75)(H,68,76)/t35-,36-,37+,44-,52+,54+,59?/m1/s1. The fourth-order valence-corrected chi connectivity index (χ4v) is 11.6. The van der Waals surface area contributed by atoms with Gasteiger partial charge in [-0.3, -0.25) is 38.6 Å². The number of morpholine rings is 1. The van der Waals surface area contributed by atoms with Crippen molar-refractivity contribution in [2.24, 2.45) is 5.92 Å². The normalized spacial score (nSPS) is 23.1. The van der Waals surface area contributed by atoms with Crippen LogP contribution in [0.4, 0.5) is 30.2 Å². The summed E-state index contributed by atoms with van der Waals surface area (Å²) in [5.74, 6) is -5.69. The first-order valence-corrected chi connectivity index (χ1v) is 27.7. The predicted molar refractivity (Wildman–Crippen MR) is 295 cm³/mol. The molecule has 3 fully saturated rings. The SMILES string of the molecule is CN[C@@H](C)C(=O)N[C@H](C(=O)N1Cc2ccc(NC(=O)CCNC(=O)C3(C)CN(C(=O)CN4C[C@@H](C)NC[C@@H]4CN4CCOC[C@H]4C)c4cc(Cc5ccc(F)cc5)ccc43)cc2[C@H]1C(=O)Nc1c(F)cccc1F)C1CCOCC1. The molecule has 5 aliphatic rings. The van der Waals surface area contributed by atoms with Crippen LogP contribution in [0.5, 0.6) is 0 Å². The maximum absolute atomic E-state index is 15.0. The van der Waals surface area contributed by atoms with Gasteiger partial charge in [-0.25, -0.2) is 13.2 Å². The van der Waals surface area contributed by atoms with E-state index in [-0.39, 0.29) is 80.0 Å². The van der Waals surface area contributed by atoms with E-state index in [0.717, 1.165) is 42.4 Å². The van der Waals surface area contributed by atoms with E-state index in [0.29, 0.717) is 81.2 Å². The van der Waals surface area contributed by atoms with Crippen LogP contribution in [0.1, 0.15) is 80.8 Å². The van der Waals surface area contributed by atoms with E-state index >= 15 is 8.78 Å². The Kier molecular flexibility index (Phi) is 18.4. The van der Waals surface area contributed by atoms with Crippen LogP contribution in [0.25, 0.3) is 0 Å². The largest absolute Gasteiger partial charge is 0.381 e. The third kappa shape index (κ3) is 13.0. The molecular weight excluding hydrogens is 1030 g/mol. The molecule has 5 aliphatic heterocycles. The van der Waals surface area contributed by atoms with Gasteiger partial charge in [0.1, 0.15) is 35.2 Å². The fourth-order valence-electron chi connectivity index (χ4n) is 11.6. The molecule has 4 aromatic carbocycles. The molecule has 4 aromatic rings. The summed E-state index contributed by atoms with van der Waals surface area (Å²) >= 11 is 0. The zero-order valence-electron chi connectivity index (χ0n) is 46.0. The maximum atomic E-state index is 15.0. The van der Waals surface area contributed by atoms with Gasteiger partial charge in [-0.15, -0.1) is 0 Å². The van der Waals surface area contributed by atoms with E-state index in [9.17, 15) is 33.2 Å². The molecule has 0 bridgehead atoms. The van der Waals surface area contributed by atoms with E-state index in [1.165, 1.54) is 23.1 Å². The average molecular weight is 1110 g/mol. The topological polar surface area (TPSA) is 206 Å². The molecule has 1 unspecified atom stereocenters. The monoisotopic (exact) mass is 1110 g/mol. The van der Waals surface area contributed by atoms with Crippen molar-refractivity contribution in [2.75, 3.05) is 94.8 Å². The minimum Gasteiger partial charge on any atom is -0.381 e. The van der Waals surface area contributed by atoms with E-state index in [1.54, 1.807) is 50.1 Å². The number of carbonyl (C=O) groups is 6. The first-order chi connectivity index (χ1) is 38.4. The van der Waals surface area contributed by atoms with Crippen molar-refractivity contribution < 1.29 is 51.4 Å². The van der Waals surface area contributed by atoms with Gasteiger partial charge in [-0.1, -0.05) is 36.4 Å². The molecule has 3 saturated heterocycles. The molecule has 6 amide bonds. The summed E-state index contributed by atoms with van der Waals surface area (Å²) in [6.45, 7) is 12.7. The average Bonchev–Trinajstić information content (AvgIpc) is 4.19. The smallest absolute Gasteiger partial charge is 0.252 e. The third-order valence-electron chi connectivity index (χ3n) is 16.4. The first-order valence-electron chi connectivity index (χ1n) is 27.7. The number of para-hydroxylation sites is 1. The van der Waals surface area contributed by atoms with E-state index < -0.39 is 64.5 Å². The highest BCUT2D eigenvalue weighted by molar-refractivity contribution is 6.04. The van der Waals surface area contributed by atoms with Crippen molar-refractivity contribution in [1.29, 1.82) is 0 Å². The van der Waals surface area contributed by atoms with Crippen LogP contribution in [-0.4, -0.2) is 160 Å². The van der Waals surface area contributed by atoms with Crippen molar-refractivity contribution in [3.8, 4) is 0 Å². The summed E-state index contributed by atoms with van der Waals surface area (Å²) in [7, 11) is 1.61. The van der Waals surface area contributed by atoms with Gasteiger partial charge in [-0.2, -0.15) is 0 Å². The highest BCUT2D eigenvalue weighted by Gasteiger charge is 2.48. The number of nitrogens with one attached hydrogen (secondary N) is 6. The van der Waals surface area contributed by atoms with Crippen molar-refractivity contribution in [3.63, 3.8) is 0 Å². The number of hydrogen-bond acceptors (Lipinski definition) is 12. The summed E-state index contributed by atoms with van der Waals surface area (Å²) in [6.07, 6.45) is 1.21. The summed E-state index contributed by atoms with van der Waals surface area (Å²) in [4.78, 5) is 93.1. The zero-order valence-corrected chi connectivity index (χ0v) is 46.0. The van der Waals surface area contributed by atoms with Crippen LogP contribution >= 0.6 is 0 Å². The maximum Gasteiger partial charge on any atom is 0.252 e. The highest BCUT2D eigenvalue weighted by atomic mass is 19.1. The number of carbonyl (C=O) groups excluding carboxylic acids is 6. The lowest BCUT2D eigenvalue weighted by atomic mass is 9.83. The molecule has 0 radical (unpaired) electrons. The van der Waals surface area contributed by atoms with E-state index in [4.69, 9.17) is 9.47 Å². The first kappa shape index (κ1) is 57.9. The Bertz CT molecular complexity index is 2930. The van der Waals surface area contributed by atoms with E-state index in [2.05, 4.69) is 55.5 Å². The molecule has 21 heteroatoms. The Morgan fingerprint density at radius 3 is 2.33 bits per heavy atom. The molecule has 0 saturated carbocycles. The molecule has 5 heterocycles. The second-order valence-corrected chi connectivity index (χ2v) is 22.1. The van der Waals surface area contributed by atoms with Gasteiger partial charge in [0, 0.05) is 94.9 Å². The number of rotatable bonds is 18. The second-order valence-electron chi connectivity index (χ2n) is 22.1. The van der Waals surface area contributed by atoms with Crippen molar-refractivity contribution in [3.05, 3.63) is 124 Å². The van der Waals surface area contributed by atoms with E-state index in [1.807, 2.05) is 18.2 Å². The molecule has 18 nitrogen and oxygen atoms in total. The van der Waals surface area contributed by atoms with Gasteiger partial charge in [0.25, 0.3) is 5.91 Å². The van der Waals surface area contributed by atoms with Crippen LogP contribution in [0.3, 0.4) is 0 Å².